The van der Waals surface area contributed by atoms with Crippen LogP contribution in [0.1, 0.15) is 0 Å². The number of aliphatic hydroxyl groups excluding tert-OH is 3. The zero-order valence-electron chi connectivity index (χ0n) is 12.6. The van der Waals surface area contributed by atoms with Crippen LogP contribution in [-0.2, 0) is 28.6 Å². The molecule has 3 aliphatic rings. The van der Waals surface area contributed by atoms with Crippen LogP contribution in [0.5, 0.6) is 0 Å². The molecule has 0 radical (unpaired) electrons. The second-order valence-electron chi connectivity index (χ2n) is 5.87. The highest BCUT2D eigenvalue weighted by molar-refractivity contribution is 5.73. The van der Waals surface area contributed by atoms with Crippen molar-refractivity contribution in [1.29, 1.82) is 0 Å². The molecule has 0 aliphatic carbocycles. The van der Waals surface area contributed by atoms with Crippen molar-refractivity contribution in [1.82, 2.24) is 0 Å². The number of ether oxygens (including phenoxy) is 4. The predicted molar refractivity (Wildman–Crippen MR) is 70.5 cm³/mol. The summed E-state index contributed by atoms with van der Waals surface area (Å²) in [7, 11) is 0. The first-order valence-electron chi connectivity index (χ1n) is 7.42. The molecule has 142 valence electrons. The van der Waals surface area contributed by atoms with Crippen LogP contribution in [0.4, 0.5) is 0 Å². The van der Waals surface area contributed by atoms with Crippen molar-refractivity contribution in [2.75, 3.05) is 13.2 Å². The number of hydrogen-bond acceptors (Lipinski definition) is 11. The van der Waals surface area contributed by atoms with E-state index in [1.165, 1.54) is 0 Å². The van der Waals surface area contributed by atoms with Crippen LogP contribution in [0.15, 0.2) is 0 Å². The van der Waals surface area contributed by atoms with Crippen LogP contribution in [0, 0.1) is 10.1 Å². The van der Waals surface area contributed by atoms with Gasteiger partial charge in [0.1, 0.15) is 36.6 Å². The van der Waals surface area contributed by atoms with E-state index in [0.29, 0.717) is 0 Å². The Morgan fingerprint density at radius 3 is 2.24 bits per heavy atom. The van der Waals surface area contributed by atoms with Gasteiger partial charge in [-0.15, -0.1) is 10.1 Å². The number of rotatable bonds is 5. The highest BCUT2D eigenvalue weighted by Crippen LogP contribution is 2.33. The first kappa shape index (κ1) is 18.2. The molecule has 0 spiro atoms. The minimum atomic E-state index is -1.83. The van der Waals surface area contributed by atoms with Gasteiger partial charge < -0.3 is 44.2 Å². The van der Waals surface area contributed by atoms with Gasteiger partial charge in [0.2, 0.25) is 0 Å². The van der Waals surface area contributed by atoms with Crippen molar-refractivity contribution < 1.29 is 54.1 Å². The second-order valence-corrected chi connectivity index (χ2v) is 5.87. The van der Waals surface area contributed by atoms with E-state index in [4.69, 9.17) is 24.1 Å². The highest BCUT2D eigenvalue weighted by Gasteiger charge is 2.53. The van der Waals surface area contributed by atoms with Gasteiger partial charge in [0.15, 0.2) is 18.5 Å². The Kier molecular flexibility index (Phi) is 5.06. The van der Waals surface area contributed by atoms with E-state index in [1.807, 2.05) is 0 Å². The van der Waals surface area contributed by atoms with E-state index >= 15 is 0 Å². The topological polar surface area (TPSA) is 187 Å². The lowest BCUT2D eigenvalue weighted by Crippen LogP contribution is -2.61. The average Bonchev–Trinajstić information content (AvgIpc) is 3.11. The number of carbonyl (C=O) groups is 1. The molecule has 0 aromatic carbocycles. The molecule has 13 nitrogen and oxygen atoms in total. The molecule has 4 N–H and O–H groups in total. The fourth-order valence-corrected chi connectivity index (χ4v) is 3.08. The van der Waals surface area contributed by atoms with Crippen LogP contribution in [0.3, 0.4) is 0 Å². The molecule has 0 saturated carbocycles. The summed E-state index contributed by atoms with van der Waals surface area (Å²) in [5.41, 5.74) is 0. The largest absolute Gasteiger partial charge is 0.479 e. The molecule has 0 bridgehead atoms. The molecule has 3 aliphatic heterocycles. The van der Waals surface area contributed by atoms with Crippen LogP contribution < -0.4 is 0 Å². The zero-order valence-corrected chi connectivity index (χ0v) is 12.6. The molecule has 25 heavy (non-hydrogen) atoms. The molecule has 0 aromatic rings. The van der Waals surface area contributed by atoms with Crippen molar-refractivity contribution in [3.8, 4) is 0 Å². The summed E-state index contributed by atoms with van der Waals surface area (Å²) in [6, 6.07) is 0. The maximum absolute atomic E-state index is 11.1. The molecule has 13 heteroatoms. The molecular formula is C12H17NO12. The van der Waals surface area contributed by atoms with Crippen LogP contribution >= 0.6 is 0 Å². The van der Waals surface area contributed by atoms with Gasteiger partial charge in [-0.1, -0.05) is 0 Å². The van der Waals surface area contributed by atoms with Crippen LogP contribution in [0.25, 0.3) is 0 Å². The summed E-state index contributed by atoms with van der Waals surface area (Å²) in [6.07, 6.45) is -12.0. The van der Waals surface area contributed by atoms with E-state index in [-0.39, 0.29) is 13.2 Å². The lowest BCUT2D eigenvalue weighted by molar-refractivity contribution is -0.769. The van der Waals surface area contributed by atoms with Crippen molar-refractivity contribution in [3.05, 3.63) is 10.1 Å². The third-order valence-electron chi connectivity index (χ3n) is 4.31. The van der Waals surface area contributed by atoms with Crippen molar-refractivity contribution >= 4 is 5.97 Å². The molecule has 3 saturated heterocycles. The van der Waals surface area contributed by atoms with Crippen LogP contribution in [-0.4, -0.2) is 99.8 Å². The van der Waals surface area contributed by atoms with E-state index in [2.05, 4.69) is 4.84 Å². The SMILES string of the molecule is O=C(O)C1OC(O[C@H]2CO[C@H]3[C@@H]2OC[C@H]3O[N+](=O)[O-])C(O)C(O)C1O. The molecule has 3 heterocycles. The lowest BCUT2D eigenvalue weighted by atomic mass is 9.99. The first-order valence-corrected chi connectivity index (χ1v) is 7.42. The second kappa shape index (κ2) is 6.95. The number of aliphatic hydroxyl groups is 3. The monoisotopic (exact) mass is 367 g/mol. The van der Waals surface area contributed by atoms with E-state index in [1.54, 1.807) is 0 Å². The Morgan fingerprint density at radius 1 is 1.04 bits per heavy atom. The highest BCUT2D eigenvalue weighted by atomic mass is 17.0. The summed E-state index contributed by atoms with van der Waals surface area (Å²) >= 11 is 0. The molecular weight excluding hydrogens is 350 g/mol. The van der Waals surface area contributed by atoms with Crippen LogP contribution in [0.2, 0.25) is 0 Å². The quantitative estimate of drug-likeness (QED) is 0.279. The third-order valence-corrected chi connectivity index (χ3v) is 4.31. The molecule has 0 amide bonds. The Morgan fingerprint density at radius 2 is 1.64 bits per heavy atom. The fourth-order valence-electron chi connectivity index (χ4n) is 3.08. The lowest BCUT2D eigenvalue weighted by Gasteiger charge is -2.39. The Labute approximate surface area is 139 Å². The number of fused-ring (bicyclic) bond motifs is 1. The van der Waals surface area contributed by atoms with Crippen molar-refractivity contribution in [2.24, 2.45) is 0 Å². The summed E-state index contributed by atoms with van der Waals surface area (Å²) in [5.74, 6) is -1.54. The standard InChI is InChI=1S/C12H17NO12/c14-5-6(15)10(11(17)18)24-12(7(5)16)23-3-1-21-9-4(25-13(19)20)2-22-8(3)9/h3-10,12,14-16H,1-2H2,(H,17,18)/t3-,4+,5?,6?,7?,8+,9+,10?,12?/m0/s1. The Balaban J connectivity index is 1.64. The number of aliphatic carboxylic acids is 1. The molecule has 3 fully saturated rings. The van der Waals surface area contributed by atoms with Crippen molar-refractivity contribution in [2.45, 2.75) is 55.1 Å². The zero-order chi connectivity index (χ0) is 18.3. The van der Waals surface area contributed by atoms with Gasteiger partial charge in [0.25, 0.3) is 5.09 Å². The van der Waals surface area contributed by atoms with Gasteiger partial charge in [0, 0.05) is 0 Å². The third kappa shape index (κ3) is 3.39. The Hall–Kier alpha value is -1.61. The van der Waals surface area contributed by atoms with E-state index < -0.39 is 66.2 Å². The molecule has 0 aromatic heterocycles. The minimum absolute atomic E-state index is 0.0735. The predicted octanol–water partition coefficient (Wildman–Crippen LogP) is -3.36. The number of carboxylic acid groups (broad SMARTS) is 1. The van der Waals surface area contributed by atoms with E-state index in [9.17, 15) is 30.2 Å². The van der Waals surface area contributed by atoms with Gasteiger partial charge in [0.05, 0.1) is 13.2 Å². The smallest absolute Gasteiger partial charge is 0.335 e. The summed E-state index contributed by atoms with van der Waals surface area (Å²) in [5, 5.41) is 47.8. The summed E-state index contributed by atoms with van der Waals surface area (Å²) in [4.78, 5) is 25.9. The maximum Gasteiger partial charge on any atom is 0.335 e. The van der Waals surface area contributed by atoms with Gasteiger partial charge >= 0.3 is 5.97 Å². The molecule has 5 unspecified atom stereocenters. The first-order chi connectivity index (χ1) is 11.8. The number of nitrogens with zero attached hydrogens (tertiary/aromatic N) is 1. The van der Waals surface area contributed by atoms with E-state index in [0.717, 1.165) is 0 Å². The summed E-state index contributed by atoms with van der Waals surface area (Å²) in [6.45, 7) is -0.181. The summed E-state index contributed by atoms with van der Waals surface area (Å²) < 4.78 is 21.2. The maximum atomic E-state index is 11.1. The number of hydrogen-bond donors (Lipinski definition) is 4. The minimum Gasteiger partial charge on any atom is -0.479 e. The van der Waals surface area contributed by atoms with Gasteiger partial charge in [-0.2, -0.15) is 0 Å². The van der Waals surface area contributed by atoms with Crippen molar-refractivity contribution in [3.63, 3.8) is 0 Å². The van der Waals surface area contributed by atoms with Gasteiger partial charge in [-0.3, -0.25) is 0 Å². The molecule has 3 rings (SSSR count). The normalized spacial score (nSPS) is 46.6. The average molecular weight is 367 g/mol. The van der Waals surface area contributed by atoms with Gasteiger partial charge in [-0.05, 0) is 0 Å². The fraction of sp³-hybridized carbons (Fsp3) is 0.917. The Bertz CT molecular complexity index is 530. The van der Waals surface area contributed by atoms with Gasteiger partial charge in [-0.25, -0.2) is 4.79 Å². The molecule has 9 atom stereocenters. The number of carboxylic acids is 1.